The fraction of sp³-hybridized carbons (Fsp3) is 0.364. The molecule has 1 amide bonds. The van der Waals surface area contributed by atoms with E-state index in [9.17, 15) is 10.1 Å². The second-order valence-corrected chi connectivity index (χ2v) is 7.78. The number of halogens is 1. The quantitative estimate of drug-likeness (QED) is 0.633. The Balaban J connectivity index is 1.34. The Bertz CT molecular complexity index is 1200. The monoisotopic (exact) mass is 439 g/mol. The molecular weight excluding hydrogens is 418 g/mol. The average molecular weight is 440 g/mol. The second-order valence-electron chi connectivity index (χ2n) is 7.37. The van der Waals surface area contributed by atoms with Crippen LogP contribution < -0.4 is 14.8 Å². The van der Waals surface area contributed by atoms with Crippen LogP contribution in [0.5, 0.6) is 11.5 Å². The molecule has 0 saturated heterocycles. The first-order valence-electron chi connectivity index (χ1n) is 10.1. The van der Waals surface area contributed by atoms with Crippen LogP contribution in [-0.4, -0.2) is 40.3 Å². The number of amides is 1. The van der Waals surface area contributed by atoms with Gasteiger partial charge in [0, 0.05) is 24.4 Å². The molecule has 0 spiro atoms. The highest BCUT2D eigenvalue weighted by Gasteiger charge is 2.17. The third-order valence-corrected chi connectivity index (χ3v) is 5.60. The predicted octanol–water partition coefficient (Wildman–Crippen LogP) is 2.93. The number of hydrogen-bond donors (Lipinski definition) is 1. The summed E-state index contributed by atoms with van der Waals surface area (Å²) in [6.45, 7) is 5.30. The number of nitriles is 1. The molecule has 0 aliphatic carbocycles. The molecule has 1 aliphatic rings. The van der Waals surface area contributed by atoms with Crippen molar-refractivity contribution in [1.29, 1.82) is 5.26 Å². The third kappa shape index (κ3) is 4.28. The highest BCUT2D eigenvalue weighted by atomic mass is 35.5. The number of carbonyl (C=O) groups is 1. The van der Waals surface area contributed by atoms with Crippen LogP contribution in [0.2, 0.25) is 5.02 Å². The Labute approximate surface area is 184 Å². The van der Waals surface area contributed by atoms with Gasteiger partial charge in [-0.3, -0.25) is 4.79 Å². The van der Waals surface area contributed by atoms with Crippen molar-refractivity contribution in [2.75, 3.05) is 19.8 Å². The summed E-state index contributed by atoms with van der Waals surface area (Å²) in [5.74, 6) is 1.18. The maximum absolute atomic E-state index is 12.4. The summed E-state index contributed by atoms with van der Waals surface area (Å²) in [5.41, 5.74) is 4.62. The standard InChI is InChI=1S/C22H22ClN5O3/c1-13-17(14(2)28-22(27-13)16(11-24)12-26-28)3-4-20(29)25-6-5-15-9-18(23)21-19(10-15)30-7-8-31-21/h9-10,12H,3-8H2,1-2H3,(H,25,29). The molecule has 3 aromatic rings. The van der Waals surface area contributed by atoms with E-state index < -0.39 is 0 Å². The average Bonchev–Trinajstić information content (AvgIpc) is 3.16. The zero-order valence-electron chi connectivity index (χ0n) is 17.4. The van der Waals surface area contributed by atoms with Gasteiger partial charge < -0.3 is 14.8 Å². The van der Waals surface area contributed by atoms with Crippen LogP contribution >= 0.6 is 11.6 Å². The van der Waals surface area contributed by atoms with E-state index in [1.165, 1.54) is 6.20 Å². The lowest BCUT2D eigenvalue weighted by Crippen LogP contribution is -2.26. The van der Waals surface area contributed by atoms with E-state index in [-0.39, 0.29) is 5.91 Å². The van der Waals surface area contributed by atoms with Gasteiger partial charge in [0.2, 0.25) is 5.91 Å². The molecule has 1 aliphatic heterocycles. The van der Waals surface area contributed by atoms with Gasteiger partial charge in [0.25, 0.3) is 0 Å². The fourth-order valence-electron chi connectivity index (χ4n) is 3.73. The van der Waals surface area contributed by atoms with Crippen LogP contribution in [-0.2, 0) is 17.6 Å². The minimum Gasteiger partial charge on any atom is -0.486 e. The summed E-state index contributed by atoms with van der Waals surface area (Å²) in [6, 6.07) is 5.84. The molecule has 3 heterocycles. The molecule has 0 bridgehead atoms. The van der Waals surface area contributed by atoms with E-state index in [4.69, 9.17) is 21.1 Å². The van der Waals surface area contributed by atoms with Crippen molar-refractivity contribution in [1.82, 2.24) is 19.9 Å². The summed E-state index contributed by atoms with van der Waals surface area (Å²) in [4.78, 5) is 16.9. The maximum Gasteiger partial charge on any atom is 0.220 e. The lowest BCUT2D eigenvalue weighted by atomic mass is 10.1. The van der Waals surface area contributed by atoms with Gasteiger partial charge in [-0.1, -0.05) is 11.6 Å². The molecule has 0 unspecified atom stereocenters. The van der Waals surface area contributed by atoms with Crippen LogP contribution in [0.3, 0.4) is 0 Å². The van der Waals surface area contributed by atoms with Gasteiger partial charge in [0.15, 0.2) is 17.1 Å². The maximum atomic E-state index is 12.4. The van der Waals surface area contributed by atoms with Gasteiger partial charge >= 0.3 is 0 Å². The fourth-order valence-corrected chi connectivity index (χ4v) is 4.02. The van der Waals surface area contributed by atoms with Crippen molar-refractivity contribution < 1.29 is 14.3 Å². The molecule has 4 rings (SSSR count). The molecule has 31 heavy (non-hydrogen) atoms. The van der Waals surface area contributed by atoms with Crippen molar-refractivity contribution in [2.45, 2.75) is 33.1 Å². The number of rotatable bonds is 6. The Kier molecular flexibility index (Phi) is 5.96. The van der Waals surface area contributed by atoms with Crippen LogP contribution in [0.4, 0.5) is 0 Å². The molecule has 0 atom stereocenters. The van der Waals surface area contributed by atoms with Crippen LogP contribution in [0.15, 0.2) is 18.3 Å². The molecule has 1 N–H and O–H groups in total. The van der Waals surface area contributed by atoms with Crippen molar-refractivity contribution in [3.05, 3.63) is 51.4 Å². The summed E-state index contributed by atoms with van der Waals surface area (Å²) < 4.78 is 12.8. The van der Waals surface area contributed by atoms with Gasteiger partial charge in [-0.2, -0.15) is 10.4 Å². The number of aromatic nitrogens is 3. The summed E-state index contributed by atoms with van der Waals surface area (Å²) >= 11 is 6.27. The first-order valence-corrected chi connectivity index (χ1v) is 10.4. The molecule has 0 fully saturated rings. The van der Waals surface area contributed by atoms with E-state index in [1.54, 1.807) is 4.52 Å². The Morgan fingerprint density at radius 3 is 2.90 bits per heavy atom. The van der Waals surface area contributed by atoms with Gasteiger partial charge in [0.05, 0.1) is 11.2 Å². The van der Waals surface area contributed by atoms with E-state index in [2.05, 4.69) is 21.5 Å². The predicted molar refractivity (Wildman–Crippen MR) is 115 cm³/mol. The Morgan fingerprint density at radius 2 is 2.10 bits per heavy atom. The van der Waals surface area contributed by atoms with Crippen molar-refractivity contribution >= 4 is 23.2 Å². The minimum absolute atomic E-state index is 0.0410. The van der Waals surface area contributed by atoms with E-state index in [0.717, 1.165) is 22.5 Å². The number of benzene rings is 1. The smallest absolute Gasteiger partial charge is 0.220 e. The van der Waals surface area contributed by atoms with Gasteiger partial charge in [-0.05, 0) is 49.9 Å². The number of carbonyl (C=O) groups excluding carboxylic acids is 1. The van der Waals surface area contributed by atoms with Gasteiger partial charge in [-0.25, -0.2) is 9.50 Å². The Morgan fingerprint density at radius 1 is 1.29 bits per heavy atom. The number of nitrogens with one attached hydrogen (secondary N) is 1. The highest BCUT2D eigenvalue weighted by molar-refractivity contribution is 6.32. The number of ether oxygens (including phenoxy) is 2. The molecule has 8 nitrogen and oxygen atoms in total. The number of aryl methyl sites for hydroxylation is 2. The number of nitrogens with zero attached hydrogens (tertiary/aromatic N) is 4. The summed E-state index contributed by atoms with van der Waals surface area (Å²) in [5, 5.41) is 16.9. The second kappa shape index (κ2) is 8.82. The van der Waals surface area contributed by atoms with Gasteiger partial charge in [-0.15, -0.1) is 0 Å². The third-order valence-electron chi connectivity index (χ3n) is 5.32. The number of hydrogen-bond acceptors (Lipinski definition) is 6. The SMILES string of the molecule is Cc1nc2c(C#N)cnn2c(C)c1CCC(=O)NCCc1cc(Cl)c2c(c1)OCCO2. The zero-order chi connectivity index (χ0) is 22.0. The first-order chi connectivity index (χ1) is 15.0. The lowest BCUT2D eigenvalue weighted by molar-refractivity contribution is -0.121. The first kappa shape index (κ1) is 20.9. The lowest BCUT2D eigenvalue weighted by Gasteiger charge is -2.20. The molecule has 0 saturated carbocycles. The van der Waals surface area contributed by atoms with Crippen LogP contribution in [0, 0.1) is 25.2 Å². The van der Waals surface area contributed by atoms with Crippen LogP contribution in [0.1, 0.15) is 34.5 Å². The molecule has 160 valence electrons. The van der Waals surface area contributed by atoms with E-state index in [1.807, 2.05) is 26.0 Å². The van der Waals surface area contributed by atoms with Crippen molar-refractivity contribution in [2.24, 2.45) is 0 Å². The molecule has 1 aromatic carbocycles. The highest BCUT2D eigenvalue weighted by Crippen LogP contribution is 2.38. The van der Waals surface area contributed by atoms with E-state index >= 15 is 0 Å². The van der Waals surface area contributed by atoms with Crippen molar-refractivity contribution in [3.8, 4) is 17.6 Å². The Hall–Kier alpha value is -3.31. The van der Waals surface area contributed by atoms with Crippen LogP contribution in [0.25, 0.3) is 5.65 Å². The molecule has 9 heteroatoms. The molecule has 0 radical (unpaired) electrons. The van der Waals surface area contributed by atoms with Gasteiger partial charge in [0.1, 0.15) is 24.8 Å². The van der Waals surface area contributed by atoms with Crippen molar-refractivity contribution in [3.63, 3.8) is 0 Å². The summed E-state index contributed by atoms with van der Waals surface area (Å²) in [6.07, 6.45) is 3.03. The largest absolute Gasteiger partial charge is 0.486 e. The zero-order valence-corrected chi connectivity index (χ0v) is 18.1. The topological polar surface area (TPSA) is 102 Å². The summed E-state index contributed by atoms with van der Waals surface area (Å²) in [7, 11) is 0. The molecular formula is C22H22ClN5O3. The normalized spacial score (nSPS) is 12.6. The molecule has 2 aromatic heterocycles. The number of fused-ring (bicyclic) bond motifs is 2. The van der Waals surface area contributed by atoms with E-state index in [0.29, 0.717) is 66.8 Å². The minimum atomic E-state index is -0.0410.